The zero-order valence-electron chi connectivity index (χ0n) is 29.0. The average Bonchev–Trinajstić information content (AvgIpc) is 3.32. The van der Waals surface area contributed by atoms with Crippen molar-refractivity contribution in [1.82, 2.24) is 14.7 Å². The van der Waals surface area contributed by atoms with Gasteiger partial charge in [-0.15, -0.1) is 0 Å². The fraction of sp³-hybridized carbons (Fsp3) is 0.757. The quantitative estimate of drug-likeness (QED) is 0.113. The van der Waals surface area contributed by atoms with Crippen LogP contribution in [0.1, 0.15) is 97.8 Å². The molecule has 0 bridgehead atoms. The lowest BCUT2D eigenvalue weighted by Gasteiger charge is -2.39. The number of aliphatic hydroxyl groups excluding tert-OH is 1. The summed E-state index contributed by atoms with van der Waals surface area (Å²) in [5.41, 5.74) is 0.902. The largest absolute Gasteiger partial charge is 0.457 e. The van der Waals surface area contributed by atoms with Crippen molar-refractivity contribution in [3.8, 4) is 0 Å². The van der Waals surface area contributed by atoms with Crippen molar-refractivity contribution in [2.45, 2.75) is 122 Å². The van der Waals surface area contributed by atoms with Crippen molar-refractivity contribution in [3.63, 3.8) is 0 Å². The van der Waals surface area contributed by atoms with Gasteiger partial charge in [0, 0.05) is 63.6 Å². The van der Waals surface area contributed by atoms with Gasteiger partial charge in [0.05, 0.1) is 12.7 Å². The number of hydrogen-bond acceptors (Lipinski definition) is 8. The molecule has 0 aromatic carbocycles. The molecular weight excluding hydrogens is 598 g/mol. The first-order valence-electron chi connectivity index (χ1n) is 18.2. The molecule has 4 rings (SSSR count). The number of cyclic esters (lactones) is 1. The van der Waals surface area contributed by atoms with Crippen molar-refractivity contribution in [2.75, 3.05) is 45.9 Å². The van der Waals surface area contributed by atoms with Crippen LogP contribution in [-0.4, -0.2) is 108 Å². The van der Waals surface area contributed by atoms with E-state index < -0.39 is 18.3 Å². The smallest absolute Gasteiger partial charge is 0.410 e. The molecule has 264 valence electrons. The summed E-state index contributed by atoms with van der Waals surface area (Å²) in [6, 6.07) is 0.658. The Morgan fingerprint density at radius 1 is 0.936 bits per heavy atom. The first kappa shape index (κ1) is 37.0. The number of likely N-dealkylation sites (tertiary alicyclic amines) is 1. The number of piperazine rings is 1. The molecule has 0 aromatic rings. The predicted molar refractivity (Wildman–Crippen MR) is 182 cm³/mol. The summed E-state index contributed by atoms with van der Waals surface area (Å²) in [6.45, 7) is 10.3. The van der Waals surface area contributed by atoms with Gasteiger partial charge in [0.1, 0.15) is 12.2 Å². The summed E-state index contributed by atoms with van der Waals surface area (Å²) in [5, 5.41) is 9.65. The van der Waals surface area contributed by atoms with Gasteiger partial charge in [0.25, 0.3) is 0 Å². The van der Waals surface area contributed by atoms with Gasteiger partial charge < -0.3 is 29.1 Å². The second kappa shape index (κ2) is 19.2. The number of allylic oxidation sites excluding steroid dienone is 2. The highest BCUT2D eigenvalue weighted by Gasteiger charge is 2.29. The van der Waals surface area contributed by atoms with E-state index in [9.17, 15) is 19.5 Å². The van der Waals surface area contributed by atoms with Crippen LogP contribution in [0, 0.1) is 11.8 Å². The molecule has 47 heavy (non-hydrogen) atoms. The standard InChI is InChI=1S/C37H59N3O7/c1-28(27-45-36(43)40-21-20-32(41)26-40)12-11-13-29(2)35-30(3)18-19-33(16-9-6-10-17-34(42)47-35)46-37(44)39-24-22-38(23-25-39)31-14-7-4-5-8-15-31/h11-13,18-19,28,30-33,35,41H,4-10,14-17,20-27H2,1-3H3/b12-11+,19-18-,29-13+/t28-,30+,32-,33-,35-/m1/s1. The number of esters is 1. The third-order valence-electron chi connectivity index (χ3n) is 10.0. The third-order valence-corrected chi connectivity index (χ3v) is 10.0. The van der Waals surface area contributed by atoms with Crippen molar-refractivity contribution >= 4 is 18.2 Å². The maximum Gasteiger partial charge on any atom is 0.410 e. The Bertz CT molecular complexity index is 1090. The minimum Gasteiger partial charge on any atom is -0.457 e. The Morgan fingerprint density at radius 2 is 1.64 bits per heavy atom. The topological polar surface area (TPSA) is 109 Å². The van der Waals surface area contributed by atoms with Crippen LogP contribution in [0.5, 0.6) is 0 Å². The Hall–Kier alpha value is -2.85. The number of ether oxygens (including phenoxy) is 3. The monoisotopic (exact) mass is 657 g/mol. The van der Waals surface area contributed by atoms with Gasteiger partial charge in [-0.2, -0.15) is 0 Å². The molecule has 10 nitrogen and oxygen atoms in total. The van der Waals surface area contributed by atoms with Crippen LogP contribution in [0.2, 0.25) is 0 Å². The molecule has 1 saturated carbocycles. The van der Waals surface area contributed by atoms with E-state index in [1.807, 2.05) is 56.1 Å². The van der Waals surface area contributed by atoms with Crippen LogP contribution >= 0.6 is 0 Å². The zero-order valence-corrected chi connectivity index (χ0v) is 29.0. The molecule has 3 fully saturated rings. The molecule has 2 amide bonds. The molecule has 0 spiro atoms. The van der Waals surface area contributed by atoms with Crippen LogP contribution in [0.3, 0.4) is 0 Å². The van der Waals surface area contributed by atoms with Crippen LogP contribution in [0.25, 0.3) is 0 Å². The maximum atomic E-state index is 13.2. The highest BCUT2D eigenvalue weighted by Crippen LogP contribution is 2.25. The van der Waals surface area contributed by atoms with E-state index in [0.29, 0.717) is 45.1 Å². The van der Waals surface area contributed by atoms with E-state index in [1.165, 1.54) is 43.4 Å². The lowest BCUT2D eigenvalue weighted by atomic mass is 9.95. The van der Waals surface area contributed by atoms with Crippen LogP contribution in [0.4, 0.5) is 9.59 Å². The molecule has 0 radical (unpaired) electrons. The van der Waals surface area contributed by atoms with Gasteiger partial charge in [-0.25, -0.2) is 9.59 Å². The molecular formula is C37H59N3O7. The highest BCUT2D eigenvalue weighted by molar-refractivity contribution is 5.70. The van der Waals surface area contributed by atoms with Crippen molar-refractivity contribution in [1.29, 1.82) is 0 Å². The summed E-state index contributed by atoms with van der Waals surface area (Å²) in [4.78, 5) is 44.1. The van der Waals surface area contributed by atoms with Crippen molar-refractivity contribution in [3.05, 3.63) is 36.0 Å². The molecule has 1 N–H and O–H groups in total. The van der Waals surface area contributed by atoms with E-state index in [1.54, 1.807) is 0 Å². The van der Waals surface area contributed by atoms with E-state index in [4.69, 9.17) is 14.2 Å². The first-order chi connectivity index (χ1) is 22.7. The van der Waals surface area contributed by atoms with E-state index >= 15 is 0 Å². The predicted octanol–water partition coefficient (Wildman–Crippen LogP) is 6.24. The SMILES string of the molecule is C/C(=C\C=C\[C@@H](C)COC(=O)N1CC[C@@H](O)C1)[C@H]1OC(=O)CCCCC[C@@H](OC(=O)N2CCN(C3CCCCCC3)CC2)/C=C\[C@@H]1C. The fourth-order valence-electron chi connectivity index (χ4n) is 7.05. The third kappa shape index (κ3) is 12.3. The van der Waals surface area contributed by atoms with Gasteiger partial charge in [-0.1, -0.05) is 70.3 Å². The zero-order chi connectivity index (χ0) is 33.6. The molecule has 4 aliphatic rings. The van der Waals surface area contributed by atoms with Gasteiger partial charge in [0.15, 0.2) is 0 Å². The van der Waals surface area contributed by atoms with E-state index in [0.717, 1.165) is 44.3 Å². The summed E-state index contributed by atoms with van der Waals surface area (Å²) >= 11 is 0. The number of carbonyl (C=O) groups excluding carboxylic acids is 3. The molecule has 3 heterocycles. The van der Waals surface area contributed by atoms with Crippen LogP contribution in [-0.2, 0) is 19.0 Å². The highest BCUT2D eigenvalue weighted by atomic mass is 16.6. The molecule has 0 aromatic heterocycles. The minimum atomic E-state index is -0.474. The lowest BCUT2D eigenvalue weighted by molar-refractivity contribution is -0.148. The number of β-amino-alcohol motifs (C(OH)–C–C–N with tert-alkyl or cyclic N) is 1. The summed E-state index contributed by atoms with van der Waals surface area (Å²) in [7, 11) is 0. The van der Waals surface area contributed by atoms with Gasteiger partial charge in [0.2, 0.25) is 0 Å². The van der Waals surface area contributed by atoms with Crippen molar-refractivity contribution in [2.24, 2.45) is 11.8 Å². The number of aliphatic hydroxyl groups is 1. The van der Waals surface area contributed by atoms with E-state index in [-0.39, 0.29) is 36.6 Å². The summed E-state index contributed by atoms with van der Waals surface area (Å²) < 4.78 is 17.5. The van der Waals surface area contributed by atoms with Crippen LogP contribution < -0.4 is 0 Å². The lowest BCUT2D eigenvalue weighted by Crippen LogP contribution is -2.52. The van der Waals surface area contributed by atoms with Gasteiger partial charge >= 0.3 is 18.2 Å². The molecule has 1 aliphatic carbocycles. The Labute approximate surface area is 282 Å². The van der Waals surface area contributed by atoms with Crippen LogP contribution in [0.15, 0.2) is 36.0 Å². The molecule has 2 saturated heterocycles. The van der Waals surface area contributed by atoms with E-state index in [2.05, 4.69) is 4.90 Å². The Kier molecular flexibility index (Phi) is 15.1. The Balaban J connectivity index is 1.30. The second-order valence-electron chi connectivity index (χ2n) is 14.1. The average molecular weight is 658 g/mol. The first-order valence-corrected chi connectivity index (χ1v) is 18.2. The number of carbonyl (C=O) groups is 3. The summed E-state index contributed by atoms with van der Waals surface area (Å²) in [6.07, 6.45) is 20.0. The maximum absolute atomic E-state index is 13.2. The molecule has 5 atom stereocenters. The molecule has 0 unspecified atom stereocenters. The fourth-order valence-corrected chi connectivity index (χ4v) is 7.05. The normalized spacial score (nSPS) is 29.4. The molecule has 10 heteroatoms. The number of amides is 2. The minimum absolute atomic E-state index is 0.0121. The summed E-state index contributed by atoms with van der Waals surface area (Å²) in [5.74, 6) is -0.339. The van der Waals surface area contributed by atoms with Gasteiger partial charge in [-0.3, -0.25) is 9.69 Å². The second-order valence-corrected chi connectivity index (χ2v) is 14.1. The van der Waals surface area contributed by atoms with Crippen molar-refractivity contribution < 1.29 is 33.7 Å². The number of hydrogen-bond donors (Lipinski definition) is 1. The van der Waals surface area contributed by atoms with Gasteiger partial charge in [-0.05, 0) is 57.1 Å². The number of nitrogens with zero attached hydrogens (tertiary/aromatic N) is 3. The number of rotatable bonds is 7. The molecule has 3 aliphatic heterocycles. The Morgan fingerprint density at radius 3 is 2.34 bits per heavy atom.